The highest BCUT2D eigenvalue weighted by molar-refractivity contribution is 7.99. The van der Waals surface area contributed by atoms with Crippen LogP contribution in [0.1, 0.15) is 69.3 Å². The molecule has 2 N–H and O–H groups in total. The number of anilines is 2. The minimum Gasteiger partial charge on any atom is -0.380 e. The summed E-state index contributed by atoms with van der Waals surface area (Å²) < 4.78 is 98.4. The molecular formula is C50H62ClF3N6O6S3. The summed E-state index contributed by atoms with van der Waals surface area (Å²) in [5.41, 5.74) is -1.03. The Bertz CT molecular complexity index is 2640. The van der Waals surface area contributed by atoms with Crippen molar-refractivity contribution in [1.29, 1.82) is 0 Å². The number of sulfonamides is 1. The van der Waals surface area contributed by atoms with Crippen molar-refractivity contribution in [3.8, 4) is 0 Å². The van der Waals surface area contributed by atoms with Crippen LogP contribution in [0.15, 0.2) is 117 Å². The van der Waals surface area contributed by atoms with E-state index in [9.17, 15) is 34.8 Å². The Balaban J connectivity index is 1.01. The van der Waals surface area contributed by atoms with Crippen LogP contribution in [0.4, 0.5) is 24.5 Å². The summed E-state index contributed by atoms with van der Waals surface area (Å²) in [5, 5.41) is 5.64. The molecule has 4 aromatic carbocycles. The fourth-order valence-electron chi connectivity index (χ4n) is 9.02. The maximum Gasteiger partial charge on any atom is 0.501 e. The topological polar surface area (TPSA) is 132 Å². The number of nitrogens with one attached hydrogen (secondary N) is 2. The number of halogens is 4. The van der Waals surface area contributed by atoms with Crippen molar-refractivity contribution >= 4 is 66.1 Å². The van der Waals surface area contributed by atoms with E-state index < -0.39 is 52.8 Å². The van der Waals surface area contributed by atoms with E-state index in [-0.39, 0.29) is 17.1 Å². The summed E-state index contributed by atoms with van der Waals surface area (Å²) in [4.78, 5) is 24.9. The third kappa shape index (κ3) is 14.1. The molecular weight excluding hydrogens is 969 g/mol. The second-order valence-corrected chi connectivity index (χ2v) is 24.1. The minimum absolute atomic E-state index is 0.00316. The lowest BCUT2D eigenvalue weighted by Crippen LogP contribution is -2.47. The van der Waals surface area contributed by atoms with Crippen molar-refractivity contribution in [1.82, 2.24) is 19.6 Å². The van der Waals surface area contributed by atoms with Crippen LogP contribution in [-0.4, -0.2) is 126 Å². The molecule has 0 saturated carbocycles. The van der Waals surface area contributed by atoms with Gasteiger partial charge in [-0.1, -0.05) is 61.4 Å². The van der Waals surface area contributed by atoms with Crippen LogP contribution in [0.3, 0.4) is 0 Å². The number of sulfone groups is 1. The second kappa shape index (κ2) is 22.5. The van der Waals surface area contributed by atoms with Gasteiger partial charge in [-0.25, -0.2) is 21.6 Å². The molecule has 1 amide bonds. The van der Waals surface area contributed by atoms with Crippen LogP contribution in [-0.2, 0) is 24.7 Å². The average Bonchev–Trinajstić information content (AvgIpc) is 3.30. The first-order chi connectivity index (χ1) is 32.7. The predicted octanol–water partition coefficient (Wildman–Crippen LogP) is 9.46. The van der Waals surface area contributed by atoms with Gasteiger partial charge in [0.2, 0.25) is 0 Å². The fourth-order valence-corrected chi connectivity index (χ4v) is 12.2. The molecule has 0 aromatic heterocycles. The molecule has 1 atom stereocenters. The van der Waals surface area contributed by atoms with E-state index in [2.05, 4.69) is 46.0 Å². The highest BCUT2D eigenvalue weighted by atomic mass is 35.5. The molecule has 19 heteroatoms. The second-order valence-electron chi connectivity index (χ2n) is 19.0. The van der Waals surface area contributed by atoms with Gasteiger partial charge >= 0.3 is 5.51 Å². The fraction of sp³-hybridized carbons (Fsp3) is 0.460. The molecule has 4 aromatic rings. The molecule has 0 unspecified atom stereocenters. The van der Waals surface area contributed by atoms with Crippen molar-refractivity contribution in [3.05, 3.63) is 119 Å². The number of hydrogen-bond donors (Lipinski definition) is 2. The number of carbonyl (C=O) groups excluding carboxylic acids is 1. The van der Waals surface area contributed by atoms with E-state index in [0.717, 1.165) is 74.7 Å². The average molecular weight is 1030 g/mol. The van der Waals surface area contributed by atoms with Gasteiger partial charge in [0.15, 0.2) is 0 Å². The molecule has 7 rings (SSSR count). The largest absolute Gasteiger partial charge is 0.501 e. The van der Waals surface area contributed by atoms with Crippen molar-refractivity contribution in [3.63, 3.8) is 0 Å². The third-order valence-corrected chi connectivity index (χ3v) is 17.0. The molecule has 0 bridgehead atoms. The normalized spacial score (nSPS) is 18.4. The smallest absolute Gasteiger partial charge is 0.380 e. The Morgan fingerprint density at radius 1 is 0.841 bits per heavy atom. The summed E-state index contributed by atoms with van der Waals surface area (Å²) in [6.45, 7) is 15.8. The van der Waals surface area contributed by atoms with Crippen molar-refractivity contribution in [2.45, 2.75) is 85.7 Å². The number of rotatable bonds is 18. The Morgan fingerprint density at radius 2 is 1.49 bits per heavy atom. The number of amides is 1. The van der Waals surface area contributed by atoms with Crippen LogP contribution in [0.25, 0.3) is 5.57 Å². The number of piperazine rings is 2. The Kier molecular flexibility index (Phi) is 17.2. The van der Waals surface area contributed by atoms with Crippen LogP contribution in [0.2, 0.25) is 5.02 Å². The van der Waals surface area contributed by atoms with E-state index in [4.69, 9.17) is 16.4 Å². The number of hydroxylamine groups is 2. The van der Waals surface area contributed by atoms with Gasteiger partial charge < -0.3 is 15.1 Å². The number of hydrogen-bond acceptors (Lipinski definition) is 12. The Morgan fingerprint density at radius 3 is 2.13 bits per heavy atom. The van der Waals surface area contributed by atoms with E-state index >= 15 is 0 Å². The van der Waals surface area contributed by atoms with E-state index in [1.165, 1.54) is 40.6 Å². The van der Waals surface area contributed by atoms with Crippen LogP contribution in [0, 0.1) is 5.41 Å². The number of nitrogens with zero attached hydrogens (tertiary/aromatic N) is 4. The SMILES string of the molecule is CC(C)ON1CCN(CC[C@H](CSc2ccccc2)Nc2ccc(S(=O)(=O)NC(=O)c3ccc(N4CCN(CC5=C(c6ccc(Cl)cc6)CCC(C)(C)C5)CC4)cc3)cc2S(=O)(=O)C(F)(F)F)CC1. The molecule has 0 spiro atoms. The predicted molar refractivity (Wildman–Crippen MR) is 269 cm³/mol. The zero-order chi connectivity index (χ0) is 49.6. The van der Waals surface area contributed by atoms with Gasteiger partial charge in [0.05, 0.1) is 16.7 Å². The van der Waals surface area contributed by atoms with Crippen LogP contribution < -0.4 is 14.9 Å². The van der Waals surface area contributed by atoms with E-state index in [1.807, 2.05) is 66.1 Å². The summed E-state index contributed by atoms with van der Waals surface area (Å²) in [6.07, 6.45) is 3.62. The molecule has 12 nitrogen and oxygen atoms in total. The number of carbonyl (C=O) groups is 1. The quantitative estimate of drug-likeness (QED) is 0.0921. The van der Waals surface area contributed by atoms with Gasteiger partial charge in [0.1, 0.15) is 4.90 Å². The third-order valence-electron chi connectivity index (χ3n) is 12.8. The number of alkyl halides is 3. The number of benzene rings is 4. The molecule has 2 fully saturated rings. The van der Waals surface area contributed by atoms with Gasteiger partial charge in [-0.15, -0.1) is 11.8 Å². The van der Waals surface area contributed by atoms with Gasteiger partial charge in [-0.05, 0) is 123 Å². The number of allylic oxidation sites excluding steroid dienone is 1. The molecule has 2 saturated heterocycles. The molecule has 2 aliphatic heterocycles. The number of thioether (sulfide) groups is 1. The van der Waals surface area contributed by atoms with Crippen molar-refractivity contribution < 1.29 is 39.6 Å². The van der Waals surface area contributed by atoms with Gasteiger partial charge in [0, 0.05) is 98.4 Å². The summed E-state index contributed by atoms with van der Waals surface area (Å²) in [7, 11) is -10.9. The zero-order valence-electron chi connectivity index (χ0n) is 39.5. The highest BCUT2D eigenvalue weighted by Gasteiger charge is 2.48. The maximum absolute atomic E-state index is 14.3. The monoisotopic (exact) mass is 1030 g/mol. The summed E-state index contributed by atoms with van der Waals surface area (Å²) in [6, 6.07) is 25.8. The van der Waals surface area contributed by atoms with Crippen LogP contribution in [0.5, 0.6) is 0 Å². The molecule has 2 heterocycles. The Hall–Kier alpha value is -4.14. The van der Waals surface area contributed by atoms with Crippen LogP contribution >= 0.6 is 23.4 Å². The van der Waals surface area contributed by atoms with Gasteiger partial charge in [-0.2, -0.15) is 18.2 Å². The van der Waals surface area contributed by atoms with Gasteiger partial charge in [0.25, 0.3) is 25.8 Å². The lowest BCUT2D eigenvalue weighted by atomic mass is 9.73. The first-order valence-electron chi connectivity index (χ1n) is 23.3. The molecule has 1 aliphatic carbocycles. The van der Waals surface area contributed by atoms with Crippen molar-refractivity contribution in [2.75, 3.05) is 81.4 Å². The summed E-state index contributed by atoms with van der Waals surface area (Å²) >= 11 is 7.65. The highest BCUT2D eigenvalue weighted by Crippen LogP contribution is 2.43. The van der Waals surface area contributed by atoms with E-state index in [0.29, 0.717) is 56.0 Å². The molecule has 0 radical (unpaired) electrons. The van der Waals surface area contributed by atoms with Gasteiger partial charge in [-0.3, -0.25) is 14.5 Å². The standard InChI is InChI=1S/C50H62ClF3N6O6S3/c1-36(2)66-60-30-26-57(27-31-60)23-21-41(35-67-43-8-6-5-7-9-43)55-46-19-18-44(32-47(46)68(62,63)50(52,53)54)69(64,65)56-48(61)38-12-16-42(17-13-38)59-28-24-58(25-29-59)34-39-33-49(3,4)22-20-45(39)37-10-14-40(51)15-11-37/h5-19,32,36,41,55H,20-31,33-35H2,1-4H3,(H,56,61)/t41-/m1/s1. The molecule has 3 aliphatic rings. The lowest BCUT2D eigenvalue weighted by Gasteiger charge is -2.39. The molecule has 69 heavy (non-hydrogen) atoms. The lowest BCUT2D eigenvalue weighted by molar-refractivity contribution is -0.202. The first kappa shape index (κ1) is 52.7. The van der Waals surface area contributed by atoms with Crippen molar-refractivity contribution in [2.24, 2.45) is 5.41 Å². The van der Waals surface area contributed by atoms with E-state index in [1.54, 1.807) is 12.1 Å². The Labute approximate surface area is 414 Å². The zero-order valence-corrected chi connectivity index (χ0v) is 42.7. The molecule has 374 valence electrons. The first-order valence-corrected chi connectivity index (χ1v) is 27.6. The minimum atomic E-state index is -6.07. The maximum atomic E-state index is 14.3. The summed E-state index contributed by atoms with van der Waals surface area (Å²) in [5.74, 6) is -0.663.